The fraction of sp³-hybridized carbons (Fsp3) is 0.471. The summed E-state index contributed by atoms with van der Waals surface area (Å²) in [5.41, 5.74) is 3.85. The summed E-state index contributed by atoms with van der Waals surface area (Å²) in [5, 5.41) is 4.15. The Hall–Kier alpha value is -1.65. The Kier molecular flexibility index (Phi) is 3.83. The lowest BCUT2D eigenvalue weighted by atomic mass is 9.83. The van der Waals surface area contributed by atoms with Crippen molar-refractivity contribution >= 4 is 0 Å². The molecule has 0 N–H and O–H groups in total. The molecule has 0 bridgehead atoms. The van der Waals surface area contributed by atoms with Crippen LogP contribution in [-0.4, -0.2) is 23.7 Å². The van der Waals surface area contributed by atoms with Crippen LogP contribution in [0.15, 0.2) is 34.9 Å². The summed E-state index contributed by atoms with van der Waals surface area (Å²) in [6.07, 6.45) is 1.09. The summed E-state index contributed by atoms with van der Waals surface area (Å²) in [6, 6.07) is 10.7. The van der Waals surface area contributed by atoms with Gasteiger partial charge >= 0.3 is 0 Å². The van der Waals surface area contributed by atoms with Crippen LogP contribution in [0.25, 0.3) is 0 Å². The van der Waals surface area contributed by atoms with Crippen molar-refractivity contribution in [3.63, 3.8) is 0 Å². The van der Waals surface area contributed by atoms with Crippen LogP contribution in [0, 0.1) is 0 Å². The Morgan fingerprint density at radius 3 is 2.95 bits per heavy atom. The van der Waals surface area contributed by atoms with Crippen LogP contribution in [0.4, 0.5) is 0 Å². The van der Waals surface area contributed by atoms with Gasteiger partial charge in [-0.1, -0.05) is 29.4 Å². The molecule has 0 radical (unpaired) electrons. The summed E-state index contributed by atoms with van der Waals surface area (Å²) < 4.78 is 10.4. The molecule has 0 spiro atoms. The maximum atomic E-state index is 5.28. The number of fused-ring (bicyclic) bond motifs is 1. The molecular formula is C17H22N2O2. The molecule has 2 heterocycles. The molecule has 3 rings (SSSR count). The minimum atomic E-state index is 0.00914. The zero-order valence-electron chi connectivity index (χ0n) is 12.9. The van der Waals surface area contributed by atoms with E-state index >= 15 is 0 Å². The first-order valence-electron chi connectivity index (χ1n) is 7.38. The normalized spacial score (nSPS) is 17.7. The van der Waals surface area contributed by atoms with Crippen LogP contribution in [0.3, 0.4) is 0 Å². The quantitative estimate of drug-likeness (QED) is 0.865. The number of nitrogens with zero attached hydrogens (tertiary/aromatic N) is 2. The Morgan fingerprint density at radius 1 is 1.33 bits per heavy atom. The molecule has 1 aliphatic heterocycles. The van der Waals surface area contributed by atoms with Gasteiger partial charge in [0, 0.05) is 31.8 Å². The first-order valence-corrected chi connectivity index (χ1v) is 7.38. The SMILES string of the molecule is COCc1cc(CN2CCc3ccccc3C2(C)C)no1. The van der Waals surface area contributed by atoms with Gasteiger partial charge in [0.05, 0.1) is 5.69 Å². The molecule has 0 amide bonds. The maximum Gasteiger partial charge on any atom is 0.162 e. The smallest absolute Gasteiger partial charge is 0.162 e. The summed E-state index contributed by atoms with van der Waals surface area (Å²) in [7, 11) is 1.66. The molecule has 0 saturated heterocycles. The number of methoxy groups -OCH3 is 1. The molecule has 0 atom stereocenters. The minimum Gasteiger partial charge on any atom is -0.377 e. The number of hydrogen-bond donors (Lipinski definition) is 0. The third-order valence-corrected chi connectivity index (χ3v) is 4.37. The largest absolute Gasteiger partial charge is 0.377 e. The van der Waals surface area contributed by atoms with Gasteiger partial charge in [-0.05, 0) is 31.4 Å². The summed E-state index contributed by atoms with van der Waals surface area (Å²) >= 11 is 0. The van der Waals surface area contributed by atoms with Crippen molar-refractivity contribution < 1.29 is 9.26 Å². The summed E-state index contributed by atoms with van der Waals surface area (Å²) in [4.78, 5) is 2.46. The van der Waals surface area contributed by atoms with E-state index in [2.05, 4.69) is 48.2 Å². The average Bonchev–Trinajstić information content (AvgIpc) is 2.90. The van der Waals surface area contributed by atoms with Gasteiger partial charge in [0.1, 0.15) is 6.61 Å². The van der Waals surface area contributed by atoms with Crippen molar-refractivity contribution in [2.75, 3.05) is 13.7 Å². The van der Waals surface area contributed by atoms with Crippen molar-refractivity contribution in [2.24, 2.45) is 0 Å². The van der Waals surface area contributed by atoms with E-state index in [9.17, 15) is 0 Å². The number of rotatable bonds is 4. The van der Waals surface area contributed by atoms with Crippen molar-refractivity contribution in [2.45, 2.75) is 39.0 Å². The highest BCUT2D eigenvalue weighted by molar-refractivity contribution is 5.35. The van der Waals surface area contributed by atoms with Gasteiger partial charge in [-0.3, -0.25) is 4.90 Å². The first-order chi connectivity index (χ1) is 10.1. The second kappa shape index (κ2) is 5.62. The van der Waals surface area contributed by atoms with Gasteiger partial charge < -0.3 is 9.26 Å². The average molecular weight is 286 g/mol. The van der Waals surface area contributed by atoms with Crippen molar-refractivity contribution in [3.8, 4) is 0 Å². The first kappa shape index (κ1) is 14.3. The van der Waals surface area contributed by atoms with Crippen LogP contribution >= 0.6 is 0 Å². The van der Waals surface area contributed by atoms with E-state index in [1.165, 1.54) is 11.1 Å². The predicted octanol–water partition coefficient (Wildman–Crippen LogP) is 3.11. The lowest BCUT2D eigenvalue weighted by Crippen LogP contribution is -2.46. The molecule has 21 heavy (non-hydrogen) atoms. The van der Waals surface area contributed by atoms with Gasteiger partial charge in [-0.2, -0.15) is 0 Å². The second-order valence-corrected chi connectivity index (χ2v) is 6.11. The van der Waals surface area contributed by atoms with Crippen molar-refractivity contribution in [1.29, 1.82) is 0 Å². The van der Waals surface area contributed by atoms with E-state index in [4.69, 9.17) is 9.26 Å². The fourth-order valence-corrected chi connectivity index (χ4v) is 3.15. The Morgan fingerprint density at radius 2 is 2.14 bits per heavy atom. The maximum absolute atomic E-state index is 5.28. The van der Waals surface area contributed by atoms with Gasteiger partial charge in [0.2, 0.25) is 0 Å². The second-order valence-electron chi connectivity index (χ2n) is 6.11. The number of benzene rings is 1. The zero-order chi connectivity index (χ0) is 14.9. The molecule has 4 nitrogen and oxygen atoms in total. The lowest BCUT2D eigenvalue weighted by Gasteiger charge is -2.43. The molecule has 1 aliphatic rings. The highest BCUT2D eigenvalue weighted by atomic mass is 16.5. The van der Waals surface area contributed by atoms with Crippen LogP contribution in [0.5, 0.6) is 0 Å². The molecule has 4 heteroatoms. The zero-order valence-corrected chi connectivity index (χ0v) is 12.9. The topological polar surface area (TPSA) is 38.5 Å². The highest BCUT2D eigenvalue weighted by Crippen LogP contribution is 2.35. The molecule has 0 aliphatic carbocycles. The van der Waals surface area contributed by atoms with Crippen molar-refractivity contribution in [3.05, 3.63) is 52.9 Å². The van der Waals surface area contributed by atoms with Gasteiger partial charge in [-0.15, -0.1) is 0 Å². The van der Waals surface area contributed by atoms with Gasteiger partial charge in [-0.25, -0.2) is 0 Å². The van der Waals surface area contributed by atoms with Crippen LogP contribution in [0.2, 0.25) is 0 Å². The number of aromatic nitrogens is 1. The van der Waals surface area contributed by atoms with Gasteiger partial charge in [0.25, 0.3) is 0 Å². The minimum absolute atomic E-state index is 0.00914. The van der Waals surface area contributed by atoms with E-state index < -0.39 is 0 Å². The van der Waals surface area contributed by atoms with E-state index in [0.29, 0.717) is 6.61 Å². The third-order valence-electron chi connectivity index (χ3n) is 4.37. The van der Waals surface area contributed by atoms with Crippen LogP contribution in [0.1, 0.15) is 36.4 Å². The third kappa shape index (κ3) is 2.74. The molecule has 1 aromatic carbocycles. The molecule has 0 fully saturated rings. The lowest BCUT2D eigenvalue weighted by molar-refractivity contribution is 0.0951. The standard InChI is InChI=1S/C17H22N2O2/c1-17(2)16-7-5-4-6-13(16)8-9-19(17)11-14-10-15(12-20-3)21-18-14/h4-7,10H,8-9,11-12H2,1-3H3. The molecule has 2 aromatic rings. The van der Waals surface area contributed by atoms with E-state index in [1.807, 2.05) is 6.07 Å². The molecule has 0 saturated carbocycles. The fourth-order valence-electron chi connectivity index (χ4n) is 3.15. The van der Waals surface area contributed by atoms with Crippen molar-refractivity contribution in [1.82, 2.24) is 10.1 Å². The summed E-state index contributed by atoms with van der Waals surface area (Å²) in [6.45, 7) is 6.87. The number of hydrogen-bond acceptors (Lipinski definition) is 4. The van der Waals surface area contributed by atoms with E-state index in [0.717, 1.165) is 31.0 Å². The van der Waals surface area contributed by atoms with E-state index in [1.54, 1.807) is 7.11 Å². The monoisotopic (exact) mass is 286 g/mol. The highest BCUT2D eigenvalue weighted by Gasteiger charge is 2.34. The predicted molar refractivity (Wildman–Crippen MR) is 80.8 cm³/mol. The molecular weight excluding hydrogens is 264 g/mol. The number of ether oxygens (including phenoxy) is 1. The van der Waals surface area contributed by atoms with Crippen LogP contribution in [-0.2, 0) is 29.8 Å². The Bertz CT molecular complexity index is 619. The van der Waals surface area contributed by atoms with E-state index in [-0.39, 0.29) is 5.54 Å². The molecule has 0 unspecified atom stereocenters. The molecule has 1 aromatic heterocycles. The van der Waals surface area contributed by atoms with Crippen LogP contribution < -0.4 is 0 Å². The van der Waals surface area contributed by atoms with Gasteiger partial charge in [0.15, 0.2) is 5.76 Å². The Balaban J connectivity index is 1.80. The Labute approximate surface area is 125 Å². The summed E-state index contributed by atoms with van der Waals surface area (Å²) in [5.74, 6) is 0.780. The molecule has 112 valence electrons.